The van der Waals surface area contributed by atoms with Gasteiger partial charge in [-0.3, -0.25) is 4.99 Å². The van der Waals surface area contributed by atoms with Crippen LogP contribution < -0.4 is 0 Å². The highest BCUT2D eigenvalue weighted by atomic mass is 14.7. The second-order valence-electron chi connectivity index (χ2n) is 7.01. The molecule has 24 heavy (non-hydrogen) atoms. The third kappa shape index (κ3) is 2.20. The molecule has 3 aromatic carbocycles. The first-order valence-electron chi connectivity index (χ1n) is 8.39. The van der Waals surface area contributed by atoms with Crippen LogP contribution in [0.3, 0.4) is 0 Å². The topological polar surface area (TPSA) is 12.4 Å². The van der Waals surface area contributed by atoms with E-state index in [0.29, 0.717) is 0 Å². The normalized spacial score (nSPS) is 14.1. The molecule has 3 aromatic rings. The van der Waals surface area contributed by atoms with Crippen molar-refractivity contribution in [2.24, 2.45) is 4.99 Å². The van der Waals surface area contributed by atoms with Gasteiger partial charge < -0.3 is 0 Å². The van der Waals surface area contributed by atoms with E-state index < -0.39 is 0 Å². The van der Waals surface area contributed by atoms with Gasteiger partial charge in [0.05, 0.1) is 5.69 Å². The molecule has 0 heterocycles. The number of para-hydroxylation sites is 1. The summed E-state index contributed by atoms with van der Waals surface area (Å²) in [6.07, 6.45) is 0.884. The monoisotopic (exact) mass is 311 g/mol. The van der Waals surface area contributed by atoms with Crippen LogP contribution in [0.15, 0.2) is 71.7 Å². The third-order valence-electron chi connectivity index (χ3n) is 5.20. The first-order valence-corrected chi connectivity index (χ1v) is 8.39. The Labute approximate surface area is 143 Å². The minimum absolute atomic E-state index is 0.0537. The summed E-state index contributed by atoms with van der Waals surface area (Å²) in [6.45, 7) is 8.33. The summed E-state index contributed by atoms with van der Waals surface area (Å²) in [5.41, 5.74) is 9.16. The summed E-state index contributed by atoms with van der Waals surface area (Å²) in [7, 11) is 0. The zero-order chi connectivity index (χ0) is 16.7. The van der Waals surface area contributed by atoms with Crippen LogP contribution in [0.1, 0.15) is 36.1 Å². The SMILES string of the molecule is C=Nc1ccccc1Cc1ccc2c(c1)C(C)(C)c1ccccc1-2. The highest BCUT2D eigenvalue weighted by molar-refractivity contribution is 5.81. The molecule has 0 atom stereocenters. The van der Waals surface area contributed by atoms with Gasteiger partial charge in [-0.05, 0) is 52.6 Å². The summed E-state index contributed by atoms with van der Waals surface area (Å²) in [4.78, 5) is 4.15. The van der Waals surface area contributed by atoms with Crippen LogP contribution in [0, 0.1) is 0 Å². The highest BCUT2D eigenvalue weighted by Crippen LogP contribution is 2.48. The molecule has 0 N–H and O–H groups in total. The van der Waals surface area contributed by atoms with Crippen molar-refractivity contribution in [1.29, 1.82) is 0 Å². The fourth-order valence-corrected chi connectivity index (χ4v) is 3.90. The maximum atomic E-state index is 4.15. The molecule has 0 saturated heterocycles. The van der Waals surface area contributed by atoms with E-state index in [1.807, 2.05) is 12.1 Å². The first kappa shape index (κ1) is 14.9. The Kier molecular flexibility index (Phi) is 3.38. The minimum atomic E-state index is 0.0537. The third-order valence-corrected chi connectivity index (χ3v) is 5.20. The number of aliphatic imine (C=N–C) groups is 1. The fourth-order valence-electron chi connectivity index (χ4n) is 3.90. The second-order valence-corrected chi connectivity index (χ2v) is 7.01. The fraction of sp³-hybridized carbons (Fsp3) is 0.174. The highest BCUT2D eigenvalue weighted by Gasteiger charge is 2.34. The molecule has 0 amide bonds. The molecule has 118 valence electrons. The molecule has 0 fully saturated rings. The summed E-state index contributed by atoms with van der Waals surface area (Å²) < 4.78 is 0. The molecule has 1 heteroatoms. The lowest BCUT2D eigenvalue weighted by molar-refractivity contribution is 0.659. The van der Waals surface area contributed by atoms with Crippen LogP contribution in [0.25, 0.3) is 11.1 Å². The number of benzene rings is 3. The van der Waals surface area contributed by atoms with E-state index in [-0.39, 0.29) is 5.41 Å². The smallest absolute Gasteiger partial charge is 0.0657 e. The standard InChI is InChI=1S/C23H21N/c1-23(2)20-10-6-5-9-18(20)19-13-12-16(15-21(19)23)14-17-8-4-7-11-22(17)24-3/h4-13,15H,3,14H2,1-2H3. The van der Waals surface area contributed by atoms with Crippen molar-refractivity contribution in [2.45, 2.75) is 25.7 Å². The molecule has 1 aliphatic carbocycles. The van der Waals surface area contributed by atoms with E-state index >= 15 is 0 Å². The molecule has 4 rings (SSSR count). The molecule has 0 saturated carbocycles. The van der Waals surface area contributed by atoms with Gasteiger partial charge in [0.1, 0.15) is 0 Å². The van der Waals surface area contributed by atoms with Gasteiger partial charge >= 0.3 is 0 Å². The lowest BCUT2D eigenvalue weighted by atomic mass is 9.81. The molecule has 0 radical (unpaired) electrons. The van der Waals surface area contributed by atoms with Crippen LogP contribution in [0.4, 0.5) is 5.69 Å². The Bertz CT molecular complexity index is 934. The molecule has 0 aromatic heterocycles. The number of fused-ring (bicyclic) bond motifs is 3. The van der Waals surface area contributed by atoms with Gasteiger partial charge in [0.25, 0.3) is 0 Å². The van der Waals surface area contributed by atoms with Gasteiger partial charge in [-0.15, -0.1) is 0 Å². The Hall–Kier alpha value is -2.67. The molecule has 0 spiro atoms. The van der Waals surface area contributed by atoms with Crippen LogP contribution in [0.2, 0.25) is 0 Å². The minimum Gasteiger partial charge on any atom is -0.264 e. The average Bonchev–Trinajstić information content (AvgIpc) is 2.84. The molecule has 0 bridgehead atoms. The molecule has 0 aliphatic heterocycles. The van der Waals surface area contributed by atoms with Crippen LogP contribution in [-0.2, 0) is 11.8 Å². The van der Waals surface area contributed by atoms with Crippen LogP contribution in [-0.4, -0.2) is 6.72 Å². The van der Waals surface area contributed by atoms with E-state index in [4.69, 9.17) is 0 Å². The summed E-state index contributed by atoms with van der Waals surface area (Å²) in [5.74, 6) is 0. The van der Waals surface area contributed by atoms with Crippen molar-refractivity contribution >= 4 is 12.4 Å². The van der Waals surface area contributed by atoms with Crippen molar-refractivity contribution in [3.05, 3.63) is 89.0 Å². The van der Waals surface area contributed by atoms with Crippen molar-refractivity contribution in [3.8, 4) is 11.1 Å². The van der Waals surface area contributed by atoms with Gasteiger partial charge in [0.15, 0.2) is 0 Å². The Morgan fingerprint density at radius 3 is 2.38 bits per heavy atom. The quantitative estimate of drug-likeness (QED) is 0.533. The average molecular weight is 311 g/mol. The largest absolute Gasteiger partial charge is 0.264 e. The zero-order valence-electron chi connectivity index (χ0n) is 14.2. The molecule has 0 unspecified atom stereocenters. The lowest BCUT2D eigenvalue weighted by Crippen LogP contribution is -2.15. The second kappa shape index (κ2) is 5.45. The van der Waals surface area contributed by atoms with Crippen molar-refractivity contribution in [2.75, 3.05) is 0 Å². The van der Waals surface area contributed by atoms with Crippen LogP contribution in [0.5, 0.6) is 0 Å². The maximum Gasteiger partial charge on any atom is 0.0657 e. The van der Waals surface area contributed by atoms with Crippen molar-refractivity contribution in [1.82, 2.24) is 0 Å². The van der Waals surface area contributed by atoms with E-state index in [1.54, 1.807) is 0 Å². The number of hydrogen-bond donors (Lipinski definition) is 0. The Morgan fingerprint density at radius 2 is 1.54 bits per heavy atom. The van der Waals surface area contributed by atoms with Crippen LogP contribution >= 0.6 is 0 Å². The molecule has 1 aliphatic rings. The van der Waals surface area contributed by atoms with Gasteiger partial charge in [-0.2, -0.15) is 0 Å². The molecular formula is C23H21N. The van der Waals surface area contributed by atoms with Crippen molar-refractivity contribution < 1.29 is 0 Å². The summed E-state index contributed by atoms with van der Waals surface area (Å²) in [6, 6.07) is 23.9. The maximum absolute atomic E-state index is 4.15. The number of nitrogens with zero attached hydrogens (tertiary/aromatic N) is 1. The summed E-state index contributed by atoms with van der Waals surface area (Å²) >= 11 is 0. The van der Waals surface area contributed by atoms with Gasteiger partial charge in [-0.1, -0.05) is 74.5 Å². The molecular weight excluding hydrogens is 290 g/mol. The van der Waals surface area contributed by atoms with E-state index in [0.717, 1.165) is 12.1 Å². The Morgan fingerprint density at radius 1 is 0.833 bits per heavy atom. The number of hydrogen-bond acceptors (Lipinski definition) is 1. The zero-order valence-corrected chi connectivity index (χ0v) is 14.2. The predicted molar refractivity (Wildman–Crippen MR) is 102 cm³/mol. The van der Waals surface area contributed by atoms with Gasteiger partial charge in [0, 0.05) is 5.41 Å². The van der Waals surface area contributed by atoms with E-state index in [9.17, 15) is 0 Å². The van der Waals surface area contributed by atoms with Gasteiger partial charge in [0.2, 0.25) is 0 Å². The van der Waals surface area contributed by atoms with Crippen molar-refractivity contribution in [3.63, 3.8) is 0 Å². The van der Waals surface area contributed by atoms with Gasteiger partial charge in [-0.25, -0.2) is 0 Å². The summed E-state index contributed by atoms with van der Waals surface area (Å²) in [5, 5.41) is 0. The lowest BCUT2D eigenvalue weighted by Gasteiger charge is -2.22. The first-order chi connectivity index (χ1) is 11.6. The predicted octanol–water partition coefficient (Wildman–Crippen LogP) is 5.92. The van der Waals surface area contributed by atoms with E-state index in [2.05, 4.69) is 80.2 Å². The van der Waals surface area contributed by atoms with E-state index in [1.165, 1.54) is 33.4 Å². The Balaban J connectivity index is 1.78. The number of rotatable bonds is 3. The molecule has 1 nitrogen and oxygen atoms in total.